The van der Waals surface area contributed by atoms with E-state index in [9.17, 15) is 0 Å². The van der Waals surface area contributed by atoms with Crippen LogP contribution in [0, 0.1) is 0 Å². The summed E-state index contributed by atoms with van der Waals surface area (Å²) in [6.45, 7) is 0. The Morgan fingerprint density at radius 3 is 3.11 bits per heavy atom. The Hall–Kier alpha value is -2.02. The van der Waals surface area contributed by atoms with Crippen LogP contribution in [-0.4, -0.2) is 35.6 Å². The first-order valence-electron chi connectivity index (χ1n) is 6.61. The molecular formula is C12H15N7. The molecule has 4 rings (SSSR count). The van der Waals surface area contributed by atoms with E-state index in [-0.39, 0.29) is 6.04 Å². The molecule has 2 unspecified atom stereocenters. The molecule has 1 aliphatic rings. The van der Waals surface area contributed by atoms with Gasteiger partial charge in [0.25, 0.3) is 0 Å². The smallest absolute Gasteiger partial charge is 0.189 e. The molecule has 0 spiro atoms. The number of hydrogen-bond acceptors (Lipinski definition) is 5. The molecule has 3 N–H and O–H groups in total. The summed E-state index contributed by atoms with van der Waals surface area (Å²) in [4.78, 5) is 11.5. The molecular weight excluding hydrogens is 242 g/mol. The fourth-order valence-electron chi connectivity index (χ4n) is 2.99. The molecule has 0 saturated heterocycles. The predicted octanol–water partition coefficient (Wildman–Crippen LogP) is 0.985. The number of hydrogen-bond donors (Lipinski definition) is 2. The SMILES string of the molecule is NC1CCCC(c2nnc3c4[nH]cnc4ncn23)C1. The number of nitrogens with two attached hydrogens (primary N) is 1. The van der Waals surface area contributed by atoms with E-state index in [2.05, 4.69) is 25.1 Å². The van der Waals surface area contributed by atoms with Crippen molar-refractivity contribution in [2.75, 3.05) is 0 Å². The highest BCUT2D eigenvalue weighted by Crippen LogP contribution is 2.31. The predicted molar refractivity (Wildman–Crippen MR) is 69.6 cm³/mol. The summed E-state index contributed by atoms with van der Waals surface area (Å²) in [5.41, 5.74) is 8.36. The van der Waals surface area contributed by atoms with Crippen LogP contribution in [-0.2, 0) is 0 Å². The average Bonchev–Trinajstić information content (AvgIpc) is 3.04. The van der Waals surface area contributed by atoms with Crippen molar-refractivity contribution in [1.29, 1.82) is 0 Å². The summed E-state index contributed by atoms with van der Waals surface area (Å²) in [6.07, 6.45) is 7.74. The quantitative estimate of drug-likeness (QED) is 0.677. The van der Waals surface area contributed by atoms with Gasteiger partial charge in [0.05, 0.1) is 6.33 Å². The Morgan fingerprint density at radius 1 is 1.26 bits per heavy atom. The van der Waals surface area contributed by atoms with E-state index in [1.54, 1.807) is 12.7 Å². The van der Waals surface area contributed by atoms with Crippen molar-refractivity contribution in [2.24, 2.45) is 5.73 Å². The van der Waals surface area contributed by atoms with Crippen LogP contribution in [0.3, 0.4) is 0 Å². The second-order valence-corrected chi connectivity index (χ2v) is 5.22. The molecule has 2 atom stereocenters. The maximum Gasteiger partial charge on any atom is 0.189 e. The van der Waals surface area contributed by atoms with E-state index >= 15 is 0 Å². The van der Waals surface area contributed by atoms with E-state index in [0.717, 1.165) is 42.7 Å². The van der Waals surface area contributed by atoms with E-state index < -0.39 is 0 Å². The lowest BCUT2D eigenvalue weighted by Crippen LogP contribution is -2.27. The van der Waals surface area contributed by atoms with Crippen molar-refractivity contribution in [3.8, 4) is 0 Å². The normalized spacial score (nSPS) is 24.3. The molecule has 0 bridgehead atoms. The third-order valence-electron chi connectivity index (χ3n) is 3.94. The Kier molecular flexibility index (Phi) is 2.28. The molecule has 19 heavy (non-hydrogen) atoms. The van der Waals surface area contributed by atoms with Gasteiger partial charge in [0.15, 0.2) is 11.3 Å². The summed E-state index contributed by atoms with van der Waals surface area (Å²) in [5, 5.41) is 8.63. The number of aromatic amines is 1. The Labute approximate surface area is 109 Å². The minimum absolute atomic E-state index is 0.273. The van der Waals surface area contributed by atoms with Gasteiger partial charge in [-0.25, -0.2) is 9.97 Å². The van der Waals surface area contributed by atoms with Crippen molar-refractivity contribution in [2.45, 2.75) is 37.6 Å². The minimum Gasteiger partial charge on any atom is -0.340 e. The summed E-state index contributed by atoms with van der Waals surface area (Å²) >= 11 is 0. The van der Waals surface area contributed by atoms with Crippen molar-refractivity contribution >= 4 is 16.8 Å². The van der Waals surface area contributed by atoms with Gasteiger partial charge in [0.1, 0.15) is 17.7 Å². The van der Waals surface area contributed by atoms with Crippen molar-refractivity contribution in [1.82, 2.24) is 29.5 Å². The van der Waals surface area contributed by atoms with Gasteiger partial charge in [-0.15, -0.1) is 10.2 Å². The van der Waals surface area contributed by atoms with E-state index in [1.807, 2.05) is 4.40 Å². The molecule has 98 valence electrons. The second kappa shape index (κ2) is 3.99. The van der Waals surface area contributed by atoms with E-state index in [0.29, 0.717) is 11.6 Å². The Balaban J connectivity index is 1.86. The van der Waals surface area contributed by atoms with Crippen molar-refractivity contribution < 1.29 is 0 Å². The van der Waals surface area contributed by atoms with Crippen molar-refractivity contribution in [3.63, 3.8) is 0 Å². The van der Waals surface area contributed by atoms with Crippen LogP contribution >= 0.6 is 0 Å². The average molecular weight is 257 g/mol. The first-order chi connectivity index (χ1) is 9.33. The molecule has 7 nitrogen and oxygen atoms in total. The van der Waals surface area contributed by atoms with Gasteiger partial charge < -0.3 is 10.7 Å². The zero-order chi connectivity index (χ0) is 12.8. The molecule has 0 aliphatic heterocycles. The third-order valence-corrected chi connectivity index (χ3v) is 3.94. The lowest BCUT2D eigenvalue weighted by molar-refractivity contribution is 0.380. The zero-order valence-corrected chi connectivity index (χ0v) is 10.5. The topological polar surface area (TPSA) is 97.8 Å². The highest BCUT2D eigenvalue weighted by Gasteiger charge is 2.25. The minimum atomic E-state index is 0.273. The van der Waals surface area contributed by atoms with Gasteiger partial charge in [-0.3, -0.25) is 4.40 Å². The molecule has 1 fully saturated rings. The van der Waals surface area contributed by atoms with Crippen LogP contribution in [0.5, 0.6) is 0 Å². The van der Waals surface area contributed by atoms with E-state index in [4.69, 9.17) is 5.73 Å². The van der Waals surface area contributed by atoms with Crippen LogP contribution in [0.15, 0.2) is 12.7 Å². The lowest BCUT2D eigenvalue weighted by Gasteiger charge is -2.25. The fourth-order valence-corrected chi connectivity index (χ4v) is 2.99. The number of nitrogens with one attached hydrogen (secondary N) is 1. The molecule has 7 heteroatoms. The molecule has 1 aliphatic carbocycles. The van der Waals surface area contributed by atoms with E-state index in [1.165, 1.54) is 0 Å². The molecule has 1 saturated carbocycles. The maximum atomic E-state index is 6.06. The van der Waals surface area contributed by atoms with Crippen LogP contribution in [0.2, 0.25) is 0 Å². The van der Waals surface area contributed by atoms with Crippen molar-refractivity contribution in [3.05, 3.63) is 18.5 Å². The van der Waals surface area contributed by atoms with Gasteiger partial charge in [-0.1, -0.05) is 6.42 Å². The highest BCUT2D eigenvalue weighted by molar-refractivity contribution is 5.84. The third kappa shape index (κ3) is 1.61. The summed E-state index contributed by atoms with van der Waals surface area (Å²) in [7, 11) is 0. The first-order valence-corrected chi connectivity index (χ1v) is 6.61. The molecule has 0 aromatic carbocycles. The Morgan fingerprint density at radius 2 is 2.21 bits per heavy atom. The number of aromatic nitrogens is 6. The molecule has 0 radical (unpaired) electrons. The van der Waals surface area contributed by atoms with Crippen LogP contribution in [0.25, 0.3) is 16.8 Å². The number of imidazole rings is 1. The standard InChI is InChI=1S/C12H15N7/c13-8-3-1-2-7(4-8)11-17-18-12-9-10(15-5-14-9)16-6-19(11)12/h5-8H,1-4,13H2,(H,14,15). The summed E-state index contributed by atoms with van der Waals surface area (Å²) in [5.74, 6) is 1.34. The second-order valence-electron chi connectivity index (χ2n) is 5.22. The van der Waals surface area contributed by atoms with Crippen LogP contribution < -0.4 is 5.73 Å². The lowest BCUT2D eigenvalue weighted by atomic mass is 9.86. The number of nitrogens with zero attached hydrogens (tertiary/aromatic N) is 5. The highest BCUT2D eigenvalue weighted by atomic mass is 15.3. The fraction of sp³-hybridized carbons (Fsp3) is 0.500. The molecule has 3 aromatic rings. The molecule has 3 aromatic heterocycles. The number of H-pyrrole nitrogens is 1. The van der Waals surface area contributed by atoms with Gasteiger partial charge in [0, 0.05) is 12.0 Å². The number of rotatable bonds is 1. The monoisotopic (exact) mass is 257 g/mol. The summed E-state index contributed by atoms with van der Waals surface area (Å²) in [6, 6.07) is 0.273. The van der Waals surface area contributed by atoms with Gasteiger partial charge in [-0.2, -0.15) is 0 Å². The molecule has 0 amide bonds. The maximum absolute atomic E-state index is 6.06. The Bertz CT molecular complexity index is 728. The molecule has 3 heterocycles. The number of fused-ring (bicyclic) bond motifs is 3. The van der Waals surface area contributed by atoms with Gasteiger partial charge in [0.2, 0.25) is 0 Å². The van der Waals surface area contributed by atoms with Crippen LogP contribution in [0.4, 0.5) is 0 Å². The summed E-state index contributed by atoms with van der Waals surface area (Å²) < 4.78 is 1.96. The van der Waals surface area contributed by atoms with Gasteiger partial charge >= 0.3 is 0 Å². The van der Waals surface area contributed by atoms with Crippen LogP contribution in [0.1, 0.15) is 37.4 Å². The largest absolute Gasteiger partial charge is 0.340 e. The van der Waals surface area contributed by atoms with Gasteiger partial charge in [-0.05, 0) is 19.3 Å². The first kappa shape index (κ1) is 10.9. The zero-order valence-electron chi connectivity index (χ0n) is 10.5.